The lowest BCUT2D eigenvalue weighted by atomic mass is 9.99. The lowest BCUT2D eigenvalue weighted by molar-refractivity contribution is 0.504. The van der Waals surface area contributed by atoms with Gasteiger partial charge in [-0.3, -0.25) is 0 Å². The molecule has 0 amide bonds. The van der Waals surface area contributed by atoms with Crippen molar-refractivity contribution in [1.82, 2.24) is 5.32 Å². The number of hydrogen-bond donors (Lipinski definition) is 1. The van der Waals surface area contributed by atoms with Gasteiger partial charge in [-0.1, -0.05) is 48.0 Å². The van der Waals surface area contributed by atoms with E-state index in [0.29, 0.717) is 17.0 Å². The summed E-state index contributed by atoms with van der Waals surface area (Å²) in [6.45, 7) is 0. The highest BCUT2D eigenvalue weighted by Gasteiger charge is 2.13. The first-order valence-corrected chi connectivity index (χ1v) is 7.22. The molecule has 0 fully saturated rings. The number of benzene rings is 2. The molecule has 0 aliphatic carbocycles. The van der Waals surface area contributed by atoms with Crippen molar-refractivity contribution in [3.63, 3.8) is 0 Å². The van der Waals surface area contributed by atoms with E-state index in [4.69, 9.17) is 11.6 Å². The molecule has 0 aromatic heterocycles. The van der Waals surface area contributed by atoms with Crippen LogP contribution in [-0.4, -0.2) is 13.1 Å². The van der Waals surface area contributed by atoms with Crippen molar-refractivity contribution in [2.75, 3.05) is 7.05 Å². The van der Waals surface area contributed by atoms with Crippen molar-refractivity contribution in [1.29, 1.82) is 0 Å². The molecule has 0 radical (unpaired) electrons. The molecule has 0 aliphatic rings. The highest BCUT2D eigenvalue weighted by Crippen LogP contribution is 2.21. The minimum Gasteiger partial charge on any atom is -0.317 e. The van der Waals surface area contributed by atoms with E-state index < -0.39 is 0 Å². The Balaban J connectivity index is 1.99. The van der Waals surface area contributed by atoms with Crippen LogP contribution < -0.4 is 5.32 Å². The SMILES string of the molecule is CNC(CCc1ccccc1)Cc1c(F)cccc1Cl. The van der Waals surface area contributed by atoms with Gasteiger partial charge in [0.15, 0.2) is 0 Å². The molecule has 1 atom stereocenters. The van der Waals surface area contributed by atoms with Crippen LogP contribution in [0.4, 0.5) is 4.39 Å². The van der Waals surface area contributed by atoms with Gasteiger partial charge in [0.1, 0.15) is 5.82 Å². The number of nitrogens with one attached hydrogen (secondary N) is 1. The van der Waals surface area contributed by atoms with Gasteiger partial charge in [0.25, 0.3) is 0 Å². The zero-order valence-corrected chi connectivity index (χ0v) is 12.3. The lowest BCUT2D eigenvalue weighted by Gasteiger charge is -2.17. The zero-order chi connectivity index (χ0) is 14.4. The molecule has 106 valence electrons. The first kappa shape index (κ1) is 15.0. The zero-order valence-electron chi connectivity index (χ0n) is 11.6. The Labute approximate surface area is 124 Å². The number of hydrogen-bond acceptors (Lipinski definition) is 1. The number of rotatable bonds is 6. The third-order valence-corrected chi connectivity index (χ3v) is 3.90. The van der Waals surface area contributed by atoms with E-state index in [1.165, 1.54) is 11.6 Å². The highest BCUT2D eigenvalue weighted by atomic mass is 35.5. The van der Waals surface area contributed by atoms with Crippen LogP contribution in [0.5, 0.6) is 0 Å². The summed E-state index contributed by atoms with van der Waals surface area (Å²) in [7, 11) is 1.91. The molecule has 2 rings (SSSR count). The molecule has 0 spiro atoms. The van der Waals surface area contributed by atoms with Gasteiger partial charge in [-0.2, -0.15) is 0 Å². The second-order valence-corrected chi connectivity index (χ2v) is 5.32. The Morgan fingerprint density at radius 2 is 1.85 bits per heavy atom. The molecule has 20 heavy (non-hydrogen) atoms. The summed E-state index contributed by atoms with van der Waals surface area (Å²) < 4.78 is 13.8. The van der Waals surface area contributed by atoms with E-state index in [9.17, 15) is 4.39 Å². The van der Waals surface area contributed by atoms with Crippen LogP contribution >= 0.6 is 11.6 Å². The molecule has 1 unspecified atom stereocenters. The van der Waals surface area contributed by atoms with E-state index in [1.807, 2.05) is 25.2 Å². The monoisotopic (exact) mass is 291 g/mol. The third kappa shape index (κ3) is 4.06. The van der Waals surface area contributed by atoms with Gasteiger partial charge in [-0.05, 0) is 44.0 Å². The number of halogens is 2. The van der Waals surface area contributed by atoms with E-state index in [0.717, 1.165) is 12.8 Å². The van der Waals surface area contributed by atoms with Gasteiger partial charge in [0.2, 0.25) is 0 Å². The fourth-order valence-electron chi connectivity index (χ4n) is 2.31. The van der Waals surface area contributed by atoms with Gasteiger partial charge < -0.3 is 5.32 Å². The van der Waals surface area contributed by atoms with Crippen molar-refractivity contribution in [3.05, 3.63) is 70.5 Å². The molecule has 0 saturated heterocycles. The molecule has 0 saturated carbocycles. The average Bonchev–Trinajstić information content (AvgIpc) is 2.47. The van der Waals surface area contributed by atoms with E-state index >= 15 is 0 Å². The Morgan fingerprint density at radius 1 is 1.10 bits per heavy atom. The second-order valence-electron chi connectivity index (χ2n) is 4.91. The predicted octanol–water partition coefficient (Wildman–Crippen LogP) is 4.24. The first-order valence-electron chi connectivity index (χ1n) is 6.84. The van der Waals surface area contributed by atoms with Crippen LogP contribution in [0, 0.1) is 5.82 Å². The van der Waals surface area contributed by atoms with E-state index in [2.05, 4.69) is 17.4 Å². The quantitative estimate of drug-likeness (QED) is 0.839. The Hall–Kier alpha value is -1.38. The third-order valence-electron chi connectivity index (χ3n) is 3.54. The molecular formula is C17H19ClFN. The standard InChI is InChI=1S/C17H19ClFN/c1-20-14(11-10-13-6-3-2-4-7-13)12-15-16(18)8-5-9-17(15)19/h2-9,14,20H,10-12H2,1H3. The summed E-state index contributed by atoms with van der Waals surface area (Å²) in [5.41, 5.74) is 1.90. The van der Waals surface area contributed by atoms with Crippen LogP contribution in [0.1, 0.15) is 17.5 Å². The summed E-state index contributed by atoms with van der Waals surface area (Å²) in [6, 6.07) is 15.4. The predicted molar refractivity (Wildman–Crippen MR) is 82.7 cm³/mol. The molecule has 1 nitrogen and oxygen atoms in total. The maximum Gasteiger partial charge on any atom is 0.127 e. The van der Waals surface area contributed by atoms with Crippen LogP contribution in [0.2, 0.25) is 5.02 Å². The Kier molecular flexibility index (Phi) is 5.57. The van der Waals surface area contributed by atoms with Gasteiger partial charge in [-0.25, -0.2) is 4.39 Å². The van der Waals surface area contributed by atoms with Crippen molar-refractivity contribution >= 4 is 11.6 Å². The molecular weight excluding hydrogens is 273 g/mol. The van der Waals surface area contributed by atoms with Gasteiger partial charge in [-0.15, -0.1) is 0 Å². The van der Waals surface area contributed by atoms with Crippen LogP contribution in [0.3, 0.4) is 0 Å². The fraction of sp³-hybridized carbons (Fsp3) is 0.294. The maximum atomic E-state index is 13.8. The van der Waals surface area contributed by atoms with Gasteiger partial charge in [0.05, 0.1) is 0 Å². The molecule has 0 aliphatic heterocycles. The van der Waals surface area contributed by atoms with E-state index in [-0.39, 0.29) is 11.9 Å². The summed E-state index contributed by atoms with van der Waals surface area (Å²) in [5.74, 6) is -0.225. The molecule has 0 bridgehead atoms. The summed E-state index contributed by atoms with van der Waals surface area (Å²) >= 11 is 6.08. The number of likely N-dealkylation sites (N-methyl/N-ethyl adjacent to an activating group) is 1. The van der Waals surface area contributed by atoms with Crippen molar-refractivity contribution in [3.8, 4) is 0 Å². The molecule has 1 N–H and O–H groups in total. The van der Waals surface area contributed by atoms with Gasteiger partial charge in [0, 0.05) is 16.6 Å². The normalized spacial score (nSPS) is 12.3. The average molecular weight is 292 g/mol. The van der Waals surface area contributed by atoms with Crippen molar-refractivity contribution < 1.29 is 4.39 Å². The Morgan fingerprint density at radius 3 is 2.50 bits per heavy atom. The minimum atomic E-state index is -0.225. The van der Waals surface area contributed by atoms with Crippen LogP contribution in [0.15, 0.2) is 48.5 Å². The van der Waals surface area contributed by atoms with E-state index in [1.54, 1.807) is 12.1 Å². The summed E-state index contributed by atoms with van der Waals surface area (Å²) in [5, 5.41) is 3.75. The number of aryl methyl sites for hydroxylation is 1. The fourth-order valence-corrected chi connectivity index (χ4v) is 2.55. The van der Waals surface area contributed by atoms with Crippen LogP contribution in [-0.2, 0) is 12.8 Å². The Bertz CT molecular complexity index is 522. The highest BCUT2D eigenvalue weighted by molar-refractivity contribution is 6.31. The molecule has 2 aromatic carbocycles. The maximum absolute atomic E-state index is 13.8. The lowest BCUT2D eigenvalue weighted by Crippen LogP contribution is -2.28. The van der Waals surface area contributed by atoms with Crippen LogP contribution in [0.25, 0.3) is 0 Å². The smallest absolute Gasteiger partial charge is 0.127 e. The molecule has 2 aromatic rings. The molecule has 3 heteroatoms. The largest absolute Gasteiger partial charge is 0.317 e. The molecule has 0 heterocycles. The minimum absolute atomic E-state index is 0.213. The van der Waals surface area contributed by atoms with Crippen molar-refractivity contribution in [2.24, 2.45) is 0 Å². The summed E-state index contributed by atoms with van der Waals surface area (Å²) in [6.07, 6.45) is 2.53. The topological polar surface area (TPSA) is 12.0 Å². The van der Waals surface area contributed by atoms with Gasteiger partial charge >= 0.3 is 0 Å². The first-order chi connectivity index (χ1) is 9.70. The second kappa shape index (κ2) is 7.41. The summed E-state index contributed by atoms with van der Waals surface area (Å²) in [4.78, 5) is 0. The van der Waals surface area contributed by atoms with Crippen molar-refractivity contribution in [2.45, 2.75) is 25.3 Å².